The van der Waals surface area contributed by atoms with Gasteiger partial charge in [-0.2, -0.15) is 0 Å². The Balaban J connectivity index is 1.51. The lowest BCUT2D eigenvalue weighted by Crippen LogP contribution is -2.34. The molecule has 2 unspecified atom stereocenters. The molecule has 1 aliphatic rings. The molecular formula is C24H29N3O2S2. The van der Waals surface area contributed by atoms with Gasteiger partial charge in [-0.15, -0.1) is 11.3 Å². The Morgan fingerprint density at radius 3 is 2.77 bits per heavy atom. The smallest absolute Gasteiger partial charge is 0.263 e. The summed E-state index contributed by atoms with van der Waals surface area (Å²) in [5.74, 6) is 0.211. The maximum absolute atomic E-state index is 13.3. The number of rotatable bonds is 8. The fourth-order valence-electron chi connectivity index (χ4n) is 4.08. The molecule has 2 heterocycles. The standard InChI is InChI=1S/C24H29N3O2S2/c1-4-13-27-23(29)20-18-11-8-12-19(18)31-22(20)26-24(27)30-16(3)21(28)25-14-15(2)17-9-6-5-7-10-17/h5-7,9-10,15-16H,4,8,11-14H2,1-3H3,(H,25,28). The number of aryl methyl sites for hydroxylation is 2. The van der Waals surface area contributed by atoms with E-state index in [0.717, 1.165) is 35.9 Å². The molecule has 3 aromatic rings. The van der Waals surface area contributed by atoms with Crippen LogP contribution < -0.4 is 10.9 Å². The van der Waals surface area contributed by atoms with Gasteiger partial charge in [-0.1, -0.05) is 55.9 Å². The molecule has 0 fully saturated rings. The van der Waals surface area contributed by atoms with Crippen molar-refractivity contribution in [1.29, 1.82) is 0 Å². The van der Waals surface area contributed by atoms with E-state index in [2.05, 4.69) is 31.3 Å². The number of benzene rings is 1. The summed E-state index contributed by atoms with van der Waals surface area (Å²) in [5, 5.41) is 4.19. The van der Waals surface area contributed by atoms with Gasteiger partial charge >= 0.3 is 0 Å². The molecule has 0 aliphatic heterocycles. The first kappa shape index (κ1) is 22.1. The van der Waals surface area contributed by atoms with Gasteiger partial charge in [0.05, 0.1) is 10.6 Å². The van der Waals surface area contributed by atoms with Crippen LogP contribution in [0.3, 0.4) is 0 Å². The second-order valence-corrected chi connectivity index (χ2v) is 10.6. The monoisotopic (exact) mass is 455 g/mol. The maximum atomic E-state index is 13.3. The summed E-state index contributed by atoms with van der Waals surface area (Å²) in [4.78, 5) is 33.1. The summed E-state index contributed by atoms with van der Waals surface area (Å²) in [7, 11) is 0. The van der Waals surface area contributed by atoms with Crippen molar-refractivity contribution in [3.05, 3.63) is 56.7 Å². The lowest BCUT2D eigenvalue weighted by atomic mass is 10.0. The zero-order valence-corrected chi connectivity index (χ0v) is 19.9. The number of aromatic nitrogens is 2. The molecule has 0 saturated heterocycles. The molecule has 0 spiro atoms. The number of carbonyl (C=O) groups is 1. The number of nitrogens with zero attached hydrogens (tertiary/aromatic N) is 2. The molecule has 2 atom stereocenters. The summed E-state index contributed by atoms with van der Waals surface area (Å²) in [5.41, 5.74) is 2.47. The summed E-state index contributed by atoms with van der Waals surface area (Å²) in [6.07, 6.45) is 4.00. The minimum absolute atomic E-state index is 0.0288. The largest absolute Gasteiger partial charge is 0.355 e. The first-order chi connectivity index (χ1) is 15.0. The number of thioether (sulfide) groups is 1. The van der Waals surface area contributed by atoms with Gasteiger partial charge in [0.2, 0.25) is 5.91 Å². The Kier molecular flexibility index (Phi) is 6.82. The summed E-state index contributed by atoms with van der Waals surface area (Å²) >= 11 is 3.03. The second-order valence-electron chi connectivity index (χ2n) is 8.21. The van der Waals surface area contributed by atoms with Crippen LogP contribution in [0.1, 0.15) is 55.5 Å². The number of fused-ring (bicyclic) bond motifs is 3. The highest BCUT2D eigenvalue weighted by Gasteiger charge is 2.25. The number of amides is 1. The highest BCUT2D eigenvalue weighted by molar-refractivity contribution is 8.00. The first-order valence-corrected chi connectivity index (χ1v) is 12.7. The number of thiophene rings is 1. The van der Waals surface area contributed by atoms with Crippen LogP contribution in [0.4, 0.5) is 0 Å². The summed E-state index contributed by atoms with van der Waals surface area (Å²) < 4.78 is 1.77. The Labute approximate surface area is 191 Å². The summed E-state index contributed by atoms with van der Waals surface area (Å²) in [6, 6.07) is 10.2. The molecule has 0 saturated carbocycles. The molecule has 1 amide bonds. The van der Waals surface area contributed by atoms with Gasteiger partial charge in [-0.3, -0.25) is 14.2 Å². The average Bonchev–Trinajstić information content (AvgIpc) is 3.36. The quantitative estimate of drug-likeness (QED) is 0.393. The lowest BCUT2D eigenvalue weighted by Gasteiger charge is -2.17. The van der Waals surface area contributed by atoms with E-state index in [9.17, 15) is 9.59 Å². The van der Waals surface area contributed by atoms with Gasteiger partial charge in [0.25, 0.3) is 5.56 Å². The maximum Gasteiger partial charge on any atom is 0.263 e. The highest BCUT2D eigenvalue weighted by Crippen LogP contribution is 2.36. The number of hydrogen-bond donors (Lipinski definition) is 1. The number of carbonyl (C=O) groups excluding carboxylic acids is 1. The van der Waals surface area contributed by atoms with Crippen LogP contribution in [-0.4, -0.2) is 27.3 Å². The molecule has 31 heavy (non-hydrogen) atoms. The third kappa shape index (κ3) is 4.58. The van der Waals surface area contributed by atoms with Crippen LogP contribution in [0.2, 0.25) is 0 Å². The molecule has 1 aliphatic carbocycles. The second kappa shape index (κ2) is 9.57. The SMILES string of the molecule is CCCn1c(SC(C)C(=O)NCC(C)c2ccccc2)nc2sc3c(c2c1=O)CCC3. The third-order valence-corrected chi connectivity index (χ3v) is 8.12. The highest BCUT2D eigenvalue weighted by atomic mass is 32.2. The van der Waals surface area contributed by atoms with Gasteiger partial charge in [0.1, 0.15) is 4.83 Å². The zero-order chi connectivity index (χ0) is 22.0. The molecule has 7 heteroatoms. The van der Waals surface area contributed by atoms with Crippen molar-refractivity contribution >= 4 is 39.2 Å². The van der Waals surface area contributed by atoms with Crippen molar-refractivity contribution in [3.63, 3.8) is 0 Å². The van der Waals surface area contributed by atoms with Crippen molar-refractivity contribution in [2.75, 3.05) is 6.54 Å². The van der Waals surface area contributed by atoms with E-state index in [0.29, 0.717) is 18.2 Å². The Morgan fingerprint density at radius 1 is 1.26 bits per heavy atom. The fraction of sp³-hybridized carbons (Fsp3) is 0.458. The Morgan fingerprint density at radius 2 is 2.03 bits per heavy atom. The van der Waals surface area contributed by atoms with Crippen molar-refractivity contribution in [1.82, 2.24) is 14.9 Å². The van der Waals surface area contributed by atoms with Gasteiger partial charge in [-0.25, -0.2) is 4.98 Å². The molecule has 5 nitrogen and oxygen atoms in total. The van der Waals surface area contributed by atoms with E-state index in [1.165, 1.54) is 27.8 Å². The Bertz CT molecular complexity index is 1140. The molecule has 2 aromatic heterocycles. The van der Waals surface area contributed by atoms with E-state index in [4.69, 9.17) is 4.98 Å². The fourth-order valence-corrected chi connectivity index (χ4v) is 6.34. The molecule has 0 bridgehead atoms. The zero-order valence-electron chi connectivity index (χ0n) is 18.3. The van der Waals surface area contributed by atoms with Crippen LogP contribution in [0.25, 0.3) is 10.2 Å². The predicted molar refractivity (Wildman–Crippen MR) is 129 cm³/mol. The predicted octanol–water partition coefficient (Wildman–Crippen LogP) is 4.76. The van der Waals surface area contributed by atoms with Crippen molar-refractivity contribution in [2.24, 2.45) is 0 Å². The van der Waals surface area contributed by atoms with Crippen LogP contribution in [0, 0.1) is 0 Å². The van der Waals surface area contributed by atoms with E-state index in [1.54, 1.807) is 15.9 Å². The van der Waals surface area contributed by atoms with Gasteiger partial charge in [0, 0.05) is 18.0 Å². The Hall–Kier alpha value is -2.12. The molecule has 4 rings (SSSR count). The molecule has 164 valence electrons. The van der Waals surface area contributed by atoms with Crippen molar-refractivity contribution in [2.45, 2.75) is 69.3 Å². The van der Waals surface area contributed by atoms with Crippen molar-refractivity contribution < 1.29 is 4.79 Å². The minimum atomic E-state index is -0.331. The molecular weight excluding hydrogens is 426 g/mol. The molecule has 0 radical (unpaired) electrons. The topological polar surface area (TPSA) is 64.0 Å². The minimum Gasteiger partial charge on any atom is -0.355 e. The lowest BCUT2D eigenvalue weighted by molar-refractivity contribution is -0.120. The normalized spacial score (nSPS) is 15.1. The van der Waals surface area contributed by atoms with E-state index in [-0.39, 0.29) is 22.6 Å². The van der Waals surface area contributed by atoms with Crippen LogP contribution in [0.15, 0.2) is 40.3 Å². The van der Waals surface area contributed by atoms with Crippen LogP contribution in [-0.2, 0) is 24.2 Å². The van der Waals surface area contributed by atoms with Crippen LogP contribution >= 0.6 is 23.1 Å². The van der Waals surface area contributed by atoms with E-state index < -0.39 is 0 Å². The number of hydrogen-bond acceptors (Lipinski definition) is 5. The van der Waals surface area contributed by atoms with E-state index >= 15 is 0 Å². The van der Waals surface area contributed by atoms with Gasteiger partial charge in [0.15, 0.2) is 5.16 Å². The molecule has 1 aromatic carbocycles. The molecule has 1 N–H and O–H groups in total. The third-order valence-electron chi connectivity index (χ3n) is 5.84. The van der Waals surface area contributed by atoms with E-state index in [1.807, 2.05) is 25.1 Å². The van der Waals surface area contributed by atoms with Gasteiger partial charge in [-0.05, 0) is 49.7 Å². The summed E-state index contributed by atoms with van der Waals surface area (Å²) in [6.45, 7) is 7.25. The van der Waals surface area contributed by atoms with Gasteiger partial charge < -0.3 is 5.32 Å². The number of nitrogens with one attached hydrogen (secondary N) is 1. The first-order valence-electron chi connectivity index (χ1n) is 11.0. The average molecular weight is 456 g/mol. The van der Waals surface area contributed by atoms with Crippen molar-refractivity contribution in [3.8, 4) is 0 Å². The van der Waals surface area contributed by atoms with Crippen LogP contribution in [0.5, 0.6) is 0 Å².